The highest BCUT2D eigenvalue weighted by atomic mass is 16.5. The van der Waals surface area contributed by atoms with Crippen LogP contribution >= 0.6 is 0 Å². The minimum absolute atomic E-state index is 0.116. The Morgan fingerprint density at radius 3 is 2.74 bits per heavy atom. The second-order valence-corrected chi connectivity index (χ2v) is 5.96. The number of carbonyl (C=O) groups is 3. The third-order valence-corrected chi connectivity index (χ3v) is 4.07. The Balaban J connectivity index is 1.83. The number of nitrogens with two attached hydrogens (primary N) is 1. The zero-order valence-electron chi connectivity index (χ0n) is 14.7. The normalized spacial score (nSPS) is 12.6. The van der Waals surface area contributed by atoms with E-state index in [2.05, 4.69) is 10.6 Å². The minimum Gasteiger partial charge on any atom is -0.493 e. The maximum atomic E-state index is 12.7. The van der Waals surface area contributed by atoms with E-state index < -0.39 is 5.91 Å². The van der Waals surface area contributed by atoms with Crippen LogP contribution in [0.1, 0.15) is 22.3 Å². The van der Waals surface area contributed by atoms with Crippen LogP contribution in [0.5, 0.6) is 11.5 Å². The molecule has 2 aromatic rings. The summed E-state index contributed by atoms with van der Waals surface area (Å²) in [5.74, 6) is -0.441. The number of methoxy groups -OCH3 is 1. The maximum absolute atomic E-state index is 12.7. The molecule has 1 heterocycles. The van der Waals surface area contributed by atoms with Crippen LogP contribution in [0, 0.1) is 0 Å². The van der Waals surface area contributed by atoms with Gasteiger partial charge in [0.25, 0.3) is 11.8 Å². The molecule has 0 spiro atoms. The van der Waals surface area contributed by atoms with Gasteiger partial charge in [0.05, 0.1) is 18.4 Å². The lowest BCUT2D eigenvalue weighted by molar-refractivity contribution is -0.120. The van der Waals surface area contributed by atoms with Crippen molar-refractivity contribution in [2.24, 2.45) is 5.73 Å². The first kappa shape index (κ1) is 18.2. The van der Waals surface area contributed by atoms with Gasteiger partial charge >= 0.3 is 0 Å². The quantitative estimate of drug-likeness (QED) is 0.716. The molecule has 1 aliphatic rings. The molecule has 4 N–H and O–H groups in total. The Bertz CT molecular complexity index is 910. The van der Waals surface area contributed by atoms with E-state index in [-0.39, 0.29) is 24.2 Å². The summed E-state index contributed by atoms with van der Waals surface area (Å²) in [7, 11) is 1.46. The van der Waals surface area contributed by atoms with E-state index in [9.17, 15) is 14.4 Å². The van der Waals surface area contributed by atoms with Gasteiger partial charge in [0.2, 0.25) is 5.91 Å². The van der Waals surface area contributed by atoms with Crippen molar-refractivity contribution in [3.05, 3.63) is 47.5 Å². The Morgan fingerprint density at radius 2 is 2.00 bits per heavy atom. The summed E-state index contributed by atoms with van der Waals surface area (Å²) in [5, 5.41) is 5.52. The molecule has 0 saturated carbocycles. The molecule has 0 radical (unpaired) electrons. The van der Waals surface area contributed by atoms with Gasteiger partial charge in [0, 0.05) is 18.2 Å². The zero-order chi connectivity index (χ0) is 19.4. The van der Waals surface area contributed by atoms with Crippen LogP contribution in [0.3, 0.4) is 0 Å². The predicted molar refractivity (Wildman–Crippen MR) is 99.0 cm³/mol. The van der Waals surface area contributed by atoms with Crippen LogP contribution < -0.4 is 25.8 Å². The molecule has 0 saturated heterocycles. The molecule has 3 rings (SSSR count). The lowest BCUT2D eigenvalue weighted by atomic mass is 9.98. The van der Waals surface area contributed by atoms with Crippen molar-refractivity contribution in [2.75, 3.05) is 24.4 Å². The summed E-state index contributed by atoms with van der Waals surface area (Å²) in [6, 6.07) is 10.1. The topological polar surface area (TPSA) is 120 Å². The molecule has 0 atom stereocenters. The molecule has 0 unspecified atom stereocenters. The minimum atomic E-state index is -0.627. The summed E-state index contributed by atoms with van der Waals surface area (Å²) < 4.78 is 10.5. The number of rotatable bonds is 6. The Hall–Kier alpha value is -3.55. The second-order valence-electron chi connectivity index (χ2n) is 5.96. The third-order valence-electron chi connectivity index (χ3n) is 4.07. The number of primary amides is 1. The number of para-hydroxylation sites is 1. The smallest absolute Gasteiger partial charge is 0.257 e. The number of amides is 3. The molecule has 8 heteroatoms. The van der Waals surface area contributed by atoms with Crippen LogP contribution in [0.15, 0.2) is 36.4 Å². The highest BCUT2D eigenvalue weighted by Crippen LogP contribution is 2.31. The van der Waals surface area contributed by atoms with Crippen LogP contribution in [0.25, 0.3) is 0 Å². The molecule has 3 amide bonds. The number of fused-ring (bicyclic) bond motifs is 1. The fraction of sp³-hybridized carbons (Fsp3) is 0.211. The molecule has 8 nitrogen and oxygen atoms in total. The number of ether oxygens (including phenoxy) is 2. The molecule has 0 aromatic heterocycles. The van der Waals surface area contributed by atoms with Gasteiger partial charge in [-0.05, 0) is 30.2 Å². The van der Waals surface area contributed by atoms with Gasteiger partial charge in [-0.25, -0.2) is 0 Å². The molecular weight excluding hydrogens is 350 g/mol. The van der Waals surface area contributed by atoms with Gasteiger partial charge in [-0.2, -0.15) is 0 Å². The van der Waals surface area contributed by atoms with Crippen molar-refractivity contribution in [1.82, 2.24) is 0 Å². The van der Waals surface area contributed by atoms with Gasteiger partial charge in [0.1, 0.15) is 0 Å². The van der Waals surface area contributed by atoms with Crippen molar-refractivity contribution in [3.8, 4) is 11.5 Å². The van der Waals surface area contributed by atoms with Crippen molar-refractivity contribution < 1.29 is 23.9 Å². The Kier molecular flexibility index (Phi) is 5.25. The largest absolute Gasteiger partial charge is 0.493 e. The summed E-state index contributed by atoms with van der Waals surface area (Å²) in [5.41, 5.74) is 7.36. The van der Waals surface area contributed by atoms with E-state index in [1.165, 1.54) is 13.2 Å². The van der Waals surface area contributed by atoms with Crippen molar-refractivity contribution in [2.45, 2.75) is 12.8 Å². The van der Waals surface area contributed by atoms with Gasteiger partial charge in [-0.15, -0.1) is 0 Å². The van der Waals surface area contributed by atoms with E-state index in [0.29, 0.717) is 35.5 Å². The van der Waals surface area contributed by atoms with E-state index >= 15 is 0 Å². The summed E-state index contributed by atoms with van der Waals surface area (Å²) in [4.78, 5) is 35.3. The first-order valence-corrected chi connectivity index (χ1v) is 8.30. The van der Waals surface area contributed by atoms with Crippen LogP contribution in [-0.4, -0.2) is 31.4 Å². The van der Waals surface area contributed by atoms with Gasteiger partial charge in [0.15, 0.2) is 18.1 Å². The fourth-order valence-electron chi connectivity index (χ4n) is 2.81. The molecule has 1 aliphatic heterocycles. The molecular formula is C19H19N3O5. The van der Waals surface area contributed by atoms with Crippen LogP contribution in [0.2, 0.25) is 0 Å². The number of hydrogen-bond donors (Lipinski definition) is 3. The highest BCUT2D eigenvalue weighted by Gasteiger charge is 2.21. The number of hydrogen-bond acceptors (Lipinski definition) is 5. The number of carbonyl (C=O) groups excluding carboxylic acids is 3. The standard InChI is InChI=1S/C19H19N3O5/c1-26-14-7-6-12(9-15(14)27-10-16(20)23)21-19(25)13-4-2-3-11-5-8-17(24)22-18(11)13/h2-4,6-7,9H,5,8,10H2,1H3,(H2,20,23)(H,21,25)(H,22,24). The maximum Gasteiger partial charge on any atom is 0.257 e. The molecule has 27 heavy (non-hydrogen) atoms. The van der Waals surface area contributed by atoms with Crippen molar-refractivity contribution in [1.29, 1.82) is 0 Å². The lowest BCUT2D eigenvalue weighted by Crippen LogP contribution is -2.23. The fourth-order valence-corrected chi connectivity index (χ4v) is 2.81. The number of anilines is 2. The lowest BCUT2D eigenvalue weighted by Gasteiger charge is -2.20. The monoisotopic (exact) mass is 369 g/mol. The van der Waals surface area contributed by atoms with Crippen LogP contribution in [-0.2, 0) is 16.0 Å². The third kappa shape index (κ3) is 4.17. The second kappa shape index (κ2) is 7.77. The molecule has 2 aromatic carbocycles. The Morgan fingerprint density at radius 1 is 1.19 bits per heavy atom. The zero-order valence-corrected chi connectivity index (χ0v) is 14.7. The highest BCUT2D eigenvalue weighted by molar-refractivity contribution is 6.11. The average molecular weight is 369 g/mol. The first-order chi connectivity index (χ1) is 13.0. The van der Waals surface area contributed by atoms with E-state index in [0.717, 1.165) is 5.56 Å². The van der Waals surface area contributed by atoms with Gasteiger partial charge in [-0.3, -0.25) is 14.4 Å². The van der Waals surface area contributed by atoms with E-state index in [1.54, 1.807) is 24.3 Å². The molecule has 0 aliphatic carbocycles. The van der Waals surface area contributed by atoms with E-state index in [4.69, 9.17) is 15.2 Å². The molecule has 0 fully saturated rings. The van der Waals surface area contributed by atoms with Gasteiger partial charge in [-0.1, -0.05) is 12.1 Å². The average Bonchev–Trinajstić information content (AvgIpc) is 2.65. The van der Waals surface area contributed by atoms with Crippen LogP contribution in [0.4, 0.5) is 11.4 Å². The van der Waals surface area contributed by atoms with Crippen molar-refractivity contribution in [3.63, 3.8) is 0 Å². The molecule has 140 valence electrons. The first-order valence-electron chi connectivity index (χ1n) is 8.30. The number of nitrogens with one attached hydrogen (secondary N) is 2. The van der Waals surface area contributed by atoms with Crippen molar-refractivity contribution >= 4 is 29.1 Å². The Labute approximate surface area is 155 Å². The molecule has 0 bridgehead atoms. The number of benzene rings is 2. The summed E-state index contributed by atoms with van der Waals surface area (Å²) in [6.45, 7) is -0.314. The number of aryl methyl sites for hydroxylation is 1. The predicted octanol–water partition coefficient (Wildman–Crippen LogP) is 1.70. The van der Waals surface area contributed by atoms with E-state index in [1.807, 2.05) is 6.07 Å². The SMILES string of the molecule is COc1ccc(NC(=O)c2cccc3c2NC(=O)CC3)cc1OCC(N)=O. The van der Waals surface area contributed by atoms with Gasteiger partial charge < -0.3 is 25.8 Å². The summed E-state index contributed by atoms with van der Waals surface area (Å²) in [6.07, 6.45) is 0.993. The summed E-state index contributed by atoms with van der Waals surface area (Å²) >= 11 is 0.